The van der Waals surface area contributed by atoms with Crippen molar-refractivity contribution < 1.29 is 28.2 Å². The molecular weight excluding hydrogens is 300 g/mol. The highest BCUT2D eigenvalue weighted by molar-refractivity contribution is 7.89. The topological polar surface area (TPSA) is 133 Å². The Morgan fingerprint density at radius 1 is 1.24 bits per heavy atom. The van der Waals surface area contributed by atoms with Crippen LogP contribution in [0.2, 0.25) is 0 Å². The monoisotopic (exact) mass is 316 g/mol. The summed E-state index contributed by atoms with van der Waals surface area (Å²) < 4.78 is 26.0. The van der Waals surface area contributed by atoms with Crippen LogP contribution in [-0.2, 0) is 19.6 Å². The molecule has 4 N–H and O–H groups in total. The van der Waals surface area contributed by atoms with Gasteiger partial charge in [0.15, 0.2) is 0 Å². The zero-order valence-corrected chi connectivity index (χ0v) is 12.1. The number of hydrogen-bond acceptors (Lipinski definition) is 5. The number of benzene rings is 1. The van der Waals surface area contributed by atoms with Crippen LogP contribution < -0.4 is 10.0 Å². The van der Waals surface area contributed by atoms with Crippen molar-refractivity contribution in [2.45, 2.75) is 24.3 Å². The van der Waals surface area contributed by atoms with E-state index in [-0.39, 0.29) is 17.2 Å². The standard InChI is InChI=1S/C12H16N2O6S/c1-8(16)13-9-2-4-10(5-3-9)21(19,20)14-11(6-7-15)12(17)18/h2-5,11,14-15H,6-7H2,1H3,(H,13,16)(H,17,18)/t11-/m0/s1. The third-order valence-electron chi connectivity index (χ3n) is 2.50. The van der Waals surface area contributed by atoms with E-state index in [2.05, 4.69) is 5.32 Å². The van der Waals surface area contributed by atoms with Gasteiger partial charge in [0.25, 0.3) is 0 Å². The first-order chi connectivity index (χ1) is 9.76. The van der Waals surface area contributed by atoms with Crippen molar-refractivity contribution in [1.29, 1.82) is 0 Å². The first kappa shape index (κ1) is 17.1. The quantitative estimate of drug-likeness (QED) is 0.548. The Hall–Kier alpha value is -1.97. The summed E-state index contributed by atoms with van der Waals surface area (Å²) in [6.45, 7) is 0.861. The number of sulfonamides is 1. The molecule has 0 spiro atoms. The fraction of sp³-hybridized carbons (Fsp3) is 0.333. The molecule has 0 fully saturated rings. The van der Waals surface area contributed by atoms with Gasteiger partial charge in [-0.05, 0) is 30.7 Å². The number of carbonyl (C=O) groups is 2. The van der Waals surface area contributed by atoms with Gasteiger partial charge in [0.1, 0.15) is 6.04 Å². The van der Waals surface area contributed by atoms with E-state index in [0.717, 1.165) is 0 Å². The molecule has 0 bridgehead atoms. The Morgan fingerprint density at radius 2 is 1.81 bits per heavy atom. The van der Waals surface area contributed by atoms with Crippen LogP contribution in [0, 0.1) is 0 Å². The number of amides is 1. The highest BCUT2D eigenvalue weighted by atomic mass is 32.2. The summed E-state index contributed by atoms with van der Waals surface area (Å²) in [5.74, 6) is -1.67. The normalized spacial score (nSPS) is 12.7. The molecule has 116 valence electrons. The molecule has 1 aromatic carbocycles. The van der Waals surface area contributed by atoms with Crippen LogP contribution in [0.25, 0.3) is 0 Å². The average molecular weight is 316 g/mol. The van der Waals surface area contributed by atoms with Crippen LogP contribution in [0.5, 0.6) is 0 Å². The van der Waals surface area contributed by atoms with Crippen molar-refractivity contribution in [2.75, 3.05) is 11.9 Å². The predicted octanol–water partition coefficient (Wildman–Crippen LogP) is -0.241. The molecule has 0 radical (unpaired) electrons. The van der Waals surface area contributed by atoms with Gasteiger partial charge >= 0.3 is 5.97 Å². The van der Waals surface area contributed by atoms with E-state index in [1.807, 2.05) is 4.72 Å². The molecule has 0 aliphatic rings. The molecule has 1 aromatic rings. The molecule has 0 aromatic heterocycles. The van der Waals surface area contributed by atoms with Crippen molar-refractivity contribution in [3.8, 4) is 0 Å². The van der Waals surface area contributed by atoms with Crippen LogP contribution in [0.3, 0.4) is 0 Å². The third kappa shape index (κ3) is 5.14. The van der Waals surface area contributed by atoms with E-state index in [4.69, 9.17) is 10.2 Å². The van der Waals surface area contributed by atoms with Gasteiger partial charge < -0.3 is 15.5 Å². The van der Waals surface area contributed by atoms with Gasteiger partial charge in [0, 0.05) is 19.2 Å². The number of carbonyl (C=O) groups excluding carboxylic acids is 1. The Morgan fingerprint density at radius 3 is 2.24 bits per heavy atom. The zero-order valence-electron chi connectivity index (χ0n) is 11.2. The minimum absolute atomic E-state index is 0.138. The first-order valence-electron chi connectivity index (χ1n) is 6.00. The average Bonchev–Trinajstić information content (AvgIpc) is 2.37. The second-order valence-electron chi connectivity index (χ2n) is 4.23. The van der Waals surface area contributed by atoms with Crippen molar-refractivity contribution >= 4 is 27.6 Å². The fourth-order valence-corrected chi connectivity index (χ4v) is 2.76. The summed E-state index contributed by atoms with van der Waals surface area (Å²) in [5.41, 5.74) is 0.423. The summed E-state index contributed by atoms with van der Waals surface area (Å²) in [4.78, 5) is 21.6. The number of anilines is 1. The lowest BCUT2D eigenvalue weighted by Crippen LogP contribution is -2.41. The van der Waals surface area contributed by atoms with Crippen LogP contribution >= 0.6 is 0 Å². The van der Waals surface area contributed by atoms with E-state index in [0.29, 0.717) is 5.69 Å². The molecule has 0 saturated heterocycles. The number of carboxylic acids is 1. The lowest BCUT2D eigenvalue weighted by molar-refractivity contribution is -0.139. The molecule has 8 nitrogen and oxygen atoms in total. The minimum atomic E-state index is -4.03. The summed E-state index contributed by atoms with van der Waals surface area (Å²) in [6.07, 6.45) is -0.238. The molecule has 0 unspecified atom stereocenters. The molecule has 1 rings (SSSR count). The zero-order chi connectivity index (χ0) is 16.0. The van der Waals surface area contributed by atoms with Gasteiger partial charge in [-0.1, -0.05) is 0 Å². The maximum Gasteiger partial charge on any atom is 0.321 e. The Labute approximate surface area is 121 Å². The van der Waals surface area contributed by atoms with Gasteiger partial charge in [-0.3, -0.25) is 9.59 Å². The van der Waals surface area contributed by atoms with Crippen LogP contribution in [-0.4, -0.2) is 43.2 Å². The number of carboxylic acid groups (broad SMARTS) is 1. The smallest absolute Gasteiger partial charge is 0.321 e. The van der Waals surface area contributed by atoms with Crippen LogP contribution in [0.15, 0.2) is 29.2 Å². The Balaban J connectivity index is 2.91. The maximum atomic E-state index is 12.0. The molecule has 0 saturated carbocycles. The van der Waals surface area contributed by atoms with Gasteiger partial charge in [0.05, 0.1) is 4.90 Å². The van der Waals surface area contributed by atoms with Crippen molar-refractivity contribution in [2.24, 2.45) is 0 Å². The van der Waals surface area contributed by atoms with Gasteiger partial charge in [-0.15, -0.1) is 0 Å². The second-order valence-corrected chi connectivity index (χ2v) is 5.94. The minimum Gasteiger partial charge on any atom is -0.480 e. The fourth-order valence-electron chi connectivity index (χ4n) is 1.54. The largest absolute Gasteiger partial charge is 0.480 e. The van der Waals surface area contributed by atoms with Crippen molar-refractivity contribution in [3.05, 3.63) is 24.3 Å². The number of rotatable bonds is 7. The van der Waals surface area contributed by atoms with Crippen molar-refractivity contribution in [1.82, 2.24) is 4.72 Å². The van der Waals surface area contributed by atoms with E-state index >= 15 is 0 Å². The predicted molar refractivity (Wildman–Crippen MR) is 74.2 cm³/mol. The number of nitrogens with one attached hydrogen (secondary N) is 2. The summed E-state index contributed by atoms with van der Waals surface area (Å²) in [6, 6.07) is 3.85. The molecule has 1 amide bonds. The van der Waals surface area contributed by atoms with Crippen molar-refractivity contribution in [3.63, 3.8) is 0 Å². The van der Waals surface area contributed by atoms with E-state index in [9.17, 15) is 18.0 Å². The lowest BCUT2D eigenvalue weighted by atomic mass is 10.2. The molecule has 0 heterocycles. The summed E-state index contributed by atoms with van der Waals surface area (Å²) in [7, 11) is -4.03. The molecule has 1 atom stereocenters. The number of aliphatic hydroxyl groups is 1. The van der Waals surface area contributed by atoms with E-state index in [1.165, 1.54) is 31.2 Å². The van der Waals surface area contributed by atoms with Crippen LogP contribution in [0.4, 0.5) is 5.69 Å². The number of aliphatic hydroxyl groups excluding tert-OH is 1. The van der Waals surface area contributed by atoms with Crippen LogP contribution in [0.1, 0.15) is 13.3 Å². The lowest BCUT2D eigenvalue weighted by Gasteiger charge is -2.14. The number of hydrogen-bond donors (Lipinski definition) is 4. The molecule has 21 heavy (non-hydrogen) atoms. The third-order valence-corrected chi connectivity index (χ3v) is 3.99. The maximum absolute atomic E-state index is 12.0. The molecule has 0 aliphatic carbocycles. The second kappa shape index (κ2) is 7.16. The SMILES string of the molecule is CC(=O)Nc1ccc(S(=O)(=O)N[C@@H](CCO)C(=O)O)cc1. The Bertz CT molecular complexity index is 611. The van der Waals surface area contributed by atoms with Gasteiger partial charge in [-0.2, -0.15) is 4.72 Å². The molecule has 9 heteroatoms. The van der Waals surface area contributed by atoms with Gasteiger partial charge in [-0.25, -0.2) is 8.42 Å². The molecular formula is C12H16N2O6S. The molecule has 0 aliphatic heterocycles. The van der Waals surface area contributed by atoms with E-state index < -0.39 is 28.6 Å². The summed E-state index contributed by atoms with van der Waals surface area (Å²) in [5, 5.41) is 20.1. The van der Waals surface area contributed by atoms with E-state index in [1.54, 1.807) is 0 Å². The highest BCUT2D eigenvalue weighted by Gasteiger charge is 2.24. The highest BCUT2D eigenvalue weighted by Crippen LogP contribution is 2.14. The Kier molecular flexibility index (Phi) is 5.82. The first-order valence-corrected chi connectivity index (χ1v) is 7.48. The number of aliphatic carboxylic acids is 1. The summed E-state index contributed by atoms with van der Waals surface area (Å²) >= 11 is 0. The van der Waals surface area contributed by atoms with Gasteiger partial charge in [0.2, 0.25) is 15.9 Å².